The van der Waals surface area contributed by atoms with Crippen LogP contribution in [0.3, 0.4) is 0 Å². The van der Waals surface area contributed by atoms with Crippen molar-refractivity contribution in [2.45, 2.75) is 18.3 Å². The van der Waals surface area contributed by atoms with Crippen LogP contribution in [0.15, 0.2) is 18.3 Å². The van der Waals surface area contributed by atoms with Crippen LogP contribution in [0.2, 0.25) is 0 Å². The maximum atomic E-state index is 12.8. The summed E-state index contributed by atoms with van der Waals surface area (Å²) < 4.78 is 12.8. The molecule has 1 fully saturated rings. The van der Waals surface area contributed by atoms with Gasteiger partial charge in [0.25, 0.3) is 0 Å². The van der Waals surface area contributed by atoms with Crippen LogP contribution in [-0.4, -0.2) is 4.98 Å². The molecule has 2 heteroatoms. The zero-order chi connectivity index (χ0) is 8.60. The lowest BCUT2D eigenvalue weighted by Crippen LogP contribution is -2.05. The predicted octanol–water partition coefficient (Wildman–Crippen LogP) is 1.89. The summed E-state index contributed by atoms with van der Waals surface area (Å²) in [7, 11) is 0. The molecule has 0 aromatic carbocycles. The van der Waals surface area contributed by atoms with E-state index in [9.17, 15) is 4.39 Å². The summed E-state index contributed by atoms with van der Waals surface area (Å²) >= 11 is 0. The molecule has 12 heavy (non-hydrogen) atoms. The highest BCUT2D eigenvalue weighted by Gasteiger charge is 2.44. The molecule has 60 valence electrons. The minimum atomic E-state index is -0.262. The van der Waals surface area contributed by atoms with Crippen LogP contribution in [-0.2, 0) is 5.41 Å². The first-order chi connectivity index (χ1) is 5.77. The smallest absolute Gasteiger partial charge is 0.126 e. The Balaban J connectivity index is 2.42. The first-order valence-electron chi connectivity index (χ1n) is 3.87. The van der Waals surface area contributed by atoms with Crippen molar-refractivity contribution in [2.24, 2.45) is 0 Å². The van der Waals surface area contributed by atoms with E-state index in [2.05, 4.69) is 10.9 Å². The van der Waals surface area contributed by atoms with Crippen molar-refractivity contribution in [2.75, 3.05) is 0 Å². The summed E-state index contributed by atoms with van der Waals surface area (Å²) in [5, 5.41) is 0. The third-order valence-electron chi connectivity index (χ3n) is 2.24. The fourth-order valence-corrected chi connectivity index (χ4v) is 1.27. The van der Waals surface area contributed by atoms with Crippen molar-refractivity contribution < 1.29 is 4.39 Å². The molecule has 0 aliphatic heterocycles. The highest BCUT2D eigenvalue weighted by molar-refractivity contribution is 5.36. The number of halogens is 1. The number of pyridine rings is 1. The van der Waals surface area contributed by atoms with E-state index in [0.29, 0.717) is 5.69 Å². The van der Waals surface area contributed by atoms with Crippen LogP contribution in [0.25, 0.3) is 0 Å². The largest absolute Gasteiger partial charge is 0.259 e. The molecule has 1 aliphatic carbocycles. The average Bonchev–Trinajstić information content (AvgIpc) is 2.84. The lowest BCUT2D eigenvalue weighted by molar-refractivity contribution is 0.619. The maximum absolute atomic E-state index is 12.8. The van der Waals surface area contributed by atoms with Gasteiger partial charge in [0.05, 0.1) is 11.1 Å². The van der Waals surface area contributed by atoms with Crippen LogP contribution >= 0.6 is 0 Å². The standard InChI is InChI=1S/C10H8FN/c1-2-10(4-5-10)9-7-8(11)3-6-12-9/h1,3,6-7H,4-5H2. The van der Waals surface area contributed by atoms with Gasteiger partial charge in [-0.1, -0.05) is 5.92 Å². The molecule has 2 rings (SSSR count). The predicted molar refractivity (Wildman–Crippen MR) is 43.9 cm³/mol. The van der Waals surface area contributed by atoms with Crippen molar-refractivity contribution in [1.29, 1.82) is 0 Å². The monoisotopic (exact) mass is 161 g/mol. The van der Waals surface area contributed by atoms with E-state index in [-0.39, 0.29) is 11.2 Å². The third kappa shape index (κ3) is 0.984. The topological polar surface area (TPSA) is 12.9 Å². The molecule has 0 N–H and O–H groups in total. The Hall–Kier alpha value is -1.36. The molecule has 0 spiro atoms. The van der Waals surface area contributed by atoms with Gasteiger partial charge in [0.1, 0.15) is 5.82 Å². The zero-order valence-electron chi connectivity index (χ0n) is 6.55. The summed E-state index contributed by atoms with van der Waals surface area (Å²) in [5.74, 6) is 2.40. The SMILES string of the molecule is C#CC1(c2cc(F)ccn2)CC1. The zero-order valence-corrected chi connectivity index (χ0v) is 6.55. The second-order valence-electron chi connectivity index (χ2n) is 3.09. The molecule has 1 heterocycles. The van der Waals surface area contributed by atoms with E-state index >= 15 is 0 Å². The maximum Gasteiger partial charge on any atom is 0.126 e. The number of rotatable bonds is 1. The van der Waals surface area contributed by atoms with Crippen molar-refractivity contribution in [3.05, 3.63) is 29.8 Å². The van der Waals surface area contributed by atoms with Gasteiger partial charge in [-0.2, -0.15) is 0 Å². The molecule has 0 atom stereocenters. The molecule has 1 aromatic heterocycles. The Morgan fingerprint density at radius 3 is 2.83 bits per heavy atom. The number of hydrogen-bond acceptors (Lipinski definition) is 1. The quantitative estimate of drug-likeness (QED) is 0.573. The summed E-state index contributed by atoms with van der Waals surface area (Å²) in [6.45, 7) is 0. The van der Waals surface area contributed by atoms with E-state index < -0.39 is 0 Å². The van der Waals surface area contributed by atoms with E-state index in [1.807, 2.05) is 0 Å². The molecule has 1 saturated carbocycles. The Morgan fingerprint density at radius 1 is 1.58 bits per heavy atom. The molecular formula is C10H8FN. The molecule has 0 radical (unpaired) electrons. The Bertz CT molecular complexity index is 347. The summed E-state index contributed by atoms with van der Waals surface area (Å²) in [5.41, 5.74) is 0.451. The fraction of sp³-hybridized carbons (Fsp3) is 0.300. The van der Waals surface area contributed by atoms with Crippen LogP contribution in [0, 0.1) is 18.2 Å². The lowest BCUT2D eigenvalue weighted by atomic mass is 10.0. The summed E-state index contributed by atoms with van der Waals surface area (Å²) in [6.07, 6.45) is 8.66. The molecular weight excluding hydrogens is 153 g/mol. The average molecular weight is 161 g/mol. The van der Waals surface area contributed by atoms with Crippen LogP contribution in [0.5, 0.6) is 0 Å². The second kappa shape index (κ2) is 2.31. The number of terminal acetylenes is 1. The minimum absolute atomic E-state index is 0.248. The highest BCUT2D eigenvalue weighted by Crippen LogP contribution is 2.46. The summed E-state index contributed by atoms with van der Waals surface area (Å²) in [4.78, 5) is 4.06. The van der Waals surface area contributed by atoms with Crippen molar-refractivity contribution in [3.63, 3.8) is 0 Å². The van der Waals surface area contributed by atoms with Gasteiger partial charge >= 0.3 is 0 Å². The second-order valence-corrected chi connectivity index (χ2v) is 3.09. The molecule has 0 unspecified atom stereocenters. The fourth-order valence-electron chi connectivity index (χ4n) is 1.27. The third-order valence-corrected chi connectivity index (χ3v) is 2.24. The van der Waals surface area contributed by atoms with E-state index in [1.165, 1.54) is 18.3 Å². The van der Waals surface area contributed by atoms with Gasteiger partial charge < -0.3 is 0 Å². The normalized spacial score (nSPS) is 18.3. The van der Waals surface area contributed by atoms with Crippen molar-refractivity contribution in [1.82, 2.24) is 4.98 Å². The Kier molecular flexibility index (Phi) is 1.41. The molecule has 0 bridgehead atoms. The Labute approximate surface area is 70.6 Å². The van der Waals surface area contributed by atoms with E-state index in [4.69, 9.17) is 6.42 Å². The highest BCUT2D eigenvalue weighted by atomic mass is 19.1. The van der Waals surface area contributed by atoms with Gasteiger partial charge in [-0.3, -0.25) is 4.98 Å². The van der Waals surface area contributed by atoms with Gasteiger partial charge in [0, 0.05) is 6.20 Å². The van der Waals surface area contributed by atoms with Crippen molar-refractivity contribution in [3.8, 4) is 12.3 Å². The number of hydrogen-bond donors (Lipinski definition) is 0. The first-order valence-corrected chi connectivity index (χ1v) is 3.87. The van der Waals surface area contributed by atoms with Crippen LogP contribution in [0.1, 0.15) is 18.5 Å². The first kappa shape index (κ1) is 7.30. The van der Waals surface area contributed by atoms with E-state index in [1.54, 1.807) is 0 Å². The van der Waals surface area contributed by atoms with E-state index in [0.717, 1.165) is 12.8 Å². The van der Waals surface area contributed by atoms with Gasteiger partial charge in [-0.15, -0.1) is 6.42 Å². The summed E-state index contributed by atoms with van der Waals surface area (Å²) in [6, 6.07) is 2.75. The molecule has 0 saturated heterocycles. The van der Waals surface area contributed by atoms with Crippen LogP contribution in [0.4, 0.5) is 4.39 Å². The van der Waals surface area contributed by atoms with Gasteiger partial charge in [0.15, 0.2) is 0 Å². The number of aromatic nitrogens is 1. The lowest BCUT2D eigenvalue weighted by Gasteiger charge is -2.05. The number of nitrogens with zero attached hydrogens (tertiary/aromatic N) is 1. The van der Waals surface area contributed by atoms with Gasteiger partial charge in [-0.05, 0) is 25.0 Å². The van der Waals surface area contributed by atoms with Gasteiger partial charge in [-0.25, -0.2) is 4.39 Å². The van der Waals surface area contributed by atoms with Gasteiger partial charge in [0.2, 0.25) is 0 Å². The molecule has 1 aromatic rings. The van der Waals surface area contributed by atoms with Crippen molar-refractivity contribution >= 4 is 0 Å². The minimum Gasteiger partial charge on any atom is -0.259 e. The molecule has 1 aliphatic rings. The molecule has 1 nitrogen and oxygen atoms in total. The Morgan fingerprint density at radius 2 is 2.33 bits per heavy atom. The molecule has 0 amide bonds. The van der Waals surface area contributed by atoms with Crippen LogP contribution < -0.4 is 0 Å².